The molecule has 0 aliphatic heterocycles. The summed E-state index contributed by atoms with van der Waals surface area (Å²) in [6.07, 6.45) is 1.43. The predicted molar refractivity (Wildman–Crippen MR) is 102 cm³/mol. The molecule has 132 valence electrons. The topological polar surface area (TPSA) is 102 Å². The second-order valence-corrected chi connectivity index (χ2v) is 5.40. The highest BCUT2D eigenvalue weighted by atomic mass is 16.5. The molecular weight excluding hydrogens is 330 g/mol. The van der Waals surface area contributed by atoms with Crippen LogP contribution in [0.2, 0.25) is 0 Å². The molecule has 7 heteroatoms. The Bertz CT molecular complexity index is 882. The SMILES string of the molecule is CCOC(=O)c1ccc(Nc2ncnc(Nc3ccccc3)c2N)cc1. The molecule has 0 bridgehead atoms. The van der Waals surface area contributed by atoms with E-state index in [-0.39, 0.29) is 5.97 Å². The van der Waals surface area contributed by atoms with Crippen LogP contribution in [0.25, 0.3) is 0 Å². The molecule has 4 N–H and O–H groups in total. The average Bonchev–Trinajstić information content (AvgIpc) is 2.66. The minimum Gasteiger partial charge on any atom is -0.462 e. The Balaban J connectivity index is 1.76. The van der Waals surface area contributed by atoms with Crippen molar-refractivity contribution in [1.82, 2.24) is 9.97 Å². The van der Waals surface area contributed by atoms with Gasteiger partial charge in [0.15, 0.2) is 11.6 Å². The molecule has 0 amide bonds. The largest absolute Gasteiger partial charge is 0.462 e. The number of para-hydroxylation sites is 1. The van der Waals surface area contributed by atoms with Gasteiger partial charge in [-0.1, -0.05) is 18.2 Å². The van der Waals surface area contributed by atoms with E-state index >= 15 is 0 Å². The molecule has 0 unspecified atom stereocenters. The van der Waals surface area contributed by atoms with Gasteiger partial charge in [0.05, 0.1) is 12.2 Å². The van der Waals surface area contributed by atoms with Gasteiger partial charge in [0, 0.05) is 11.4 Å². The van der Waals surface area contributed by atoms with E-state index in [9.17, 15) is 4.79 Å². The first kappa shape index (κ1) is 17.2. The second kappa shape index (κ2) is 7.98. The third-order valence-electron chi connectivity index (χ3n) is 3.58. The Hall–Kier alpha value is -3.61. The van der Waals surface area contributed by atoms with Crippen LogP contribution in [0, 0.1) is 0 Å². The van der Waals surface area contributed by atoms with Crippen molar-refractivity contribution in [3.05, 3.63) is 66.5 Å². The highest BCUT2D eigenvalue weighted by Gasteiger charge is 2.10. The van der Waals surface area contributed by atoms with Gasteiger partial charge < -0.3 is 21.1 Å². The number of rotatable bonds is 6. The van der Waals surface area contributed by atoms with Gasteiger partial charge in [-0.2, -0.15) is 0 Å². The van der Waals surface area contributed by atoms with E-state index in [1.165, 1.54) is 6.33 Å². The monoisotopic (exact) mass is 349 g/mol. The maximum atomic E-state index is 11.7. The number of aromatic nitrogens is 2. The van der Waals surface area contributed by atoms with E-state index in [2.05, 4.69) is 20.6 Å². The van der Waals surface area contributed by atoms with Gasteiger partial charge in [-0.15, -0.1) is 0 Å². The van der Waals surface area contributed by atoms with E-state index < -0.39 is 0 Å². The summed E-state index contributed by atoms with van der Waals surface area (Å²) < 4.78 is 4.97. The van der Waals surface area contributed by atoms with Gasteiger partial charge in [-0.3, -0.25) is 0 Å². The predicted octanol–water partition coefficient (Wildman–Crippen LogP) is 3.72. The molecule has 1 heterocycles. The zero-order valence-corrected chi connectivity index (χ0v) is 14.3. The van der Waals surface area contributed by atoms with Crippen molar-refractivity contribution in [1.29, 1.82) is 0 Å². The highest BCUT2D eigenvalue weighted by Crippen LogP contribution is 2.28. The van der Waals surface area contributed by atoms with Crippen LogP contribution in [-0.2, 0) is 4.74 Å². The number of nitrogens with two attached hydrogens (primary N) is 1. The van der Waals surface area contributed by atoms with Crippen LogP contribution in [0.5, 0.6) is 0 Å². The maximum Gasteiger partial charge on any atom is 0.338 e. The average molecular weight is 349 g/mol. The molecule has 0 aliphatic carbocycles. The van der Waals surface area contributed by atoms with Crippen molar-refractivity contribution in [3.8, 4) is 0 Å². The van der Waals surface area contributed by atoms with Gasteiger partial charge in [-0.05, 0) is 43.3 Å². The molecule has 1 aromatic heterocycles. The van der Waals surface area contributed by atoms with E-state index in [0.29, 0.717) is 29.5 Å². The molecule has 3 rings (SSSR count). The first-order chi connectivity index (χ1) is 12.7. The van der Waals surface area contributed by atoms with Crippen LogP contribution in [0.15, 0.2) is 60.9 Å². The lowest BCUT2D eigenvalue weighted by molar-refractivity contribution is 0.0526. The van der Waals surface area contributed by atoms with Crippen molar-refractivity contribution in [2.24, 2.45) is 0 Å². The Morgan fingerprint density at radius 3 is 2.12 bits per heavy atom. The normalized spacial score (nSPS) is 10.2. The van der Waals surface area contributed by atoms with Crippen LogP contribution in [-0.4, -0.2) is 22.5 Å². The molecule has 2 aromatic carbocycles. The number of nitrogen functional groups attached to an aromatic ring is 1. The van der Waals surface area contributed by atoms with Gasteiger partial charge >= 0.3 is 5.97 Å². The number of carbonyl (C=O) groups excluding carboxylic acids is 1. The minimum absolute atomic E-state index is 0.341. The third-order valence-corrected chi connectivity index (χ3v) is 3.58. The fourth-order valence-electron chi connectivity index (χ4n) is 2.29. The fraction of sp³-hybridized carbons (Fsp3) is 0.105. The lowest BCUT2D eigenvalue weighted by Gasteiger charge is -2.12. The second-order valence-electron chi connectivity index (χ2n) is 5.40. The van der Waals surface area contributed by atoms with Crippen LogP contribution < -0.4 is 16.4 Å². The zero-order chi connectivity index (χ0) is 18.4. The summed E-state index contributed by atoms with van der Waals surface area (Å²) in [7, 11) is 0. The smallest absolute Gasteiger partial charge is 0.338 e. The molecule has 0 fully saturated rings. The van der Waals surface area contributed by atoms with Crippen molar-refractivity contribution in [2.75, 3.05) is 23.0 Å². The number of nitrogens with one attached hydrogen (secondary N) is 2. The molecule has 0 saturated heterocycles. The van der Waals surface area contributed by atoms with E-state index in [1.54, 1.807) is 31.2 Å². The molecule has 0 spiro atoms. The third kappa shape index (κ3) is 4.07. The number of nitrogens with zero attached hydrogens (tertiary/aromatic N) is 2. The summed E-state index contributed by atoms with van der Waals surface area (Å²) >= 11 is 0. The molecular formula is C19H19N5O2. The van der Waals surface area contributed by atoms with Crippen molar-refractivity contribution < 1.29 is 9.53 Å². The summed E-state index contributed by atoms with van der Waals surface area (Å²) in [6, 6.07) is 16.5. The zero-order valence-electron chi connectivity index (χ0n) is 14.3. The van der Waals surface area contributed by atoms with Crippen molar-refractivity contribution in [2.45, 2.75) is 6.92 Å². The molecule has 7 nitrogen and oxygen atoms in total. The van der Waals surface area contributed by atoms with E-state index in [1.807, 2.05) is 30.3 Å². The Kier molecular flexibility index (Phi) is 5.28. The molecule has 0 atom stereocenters. The molecule has 0 aliphatic rings. The molecule has 3 aromatic rings. The summed E-state index contributed by atoms with van der Waals surface area (Å²) in [5, 5.41) is 6.29. The Morgan fingerprint density at radius 1 is 0.962 bits per heavy atom. The first-order valence-corrected chi connectivity index (χ1v) is 8.14. The number of hydrogen-bond donors (Lipinski definition) is 3. The van der Waals surface area contributed by atoms with Crippen LogP contribution in [0.1, 0.15) is 17.3 Å². The van der Waals surface area contributed by atoms with Crippen LogP contribution in [0.4, 0.5) is 28.7 Å². The lowest BCUT2D eigenvalue weighted by Crippen LogP contribution is -2.06. The van der Waals surface area contributed by atoms with Crippen molar-refractivity contribution >= 4 is 34.7 Å². The maximum absolute atomic E-state index is 11.7. The number of carbonyl (C=O) groups is 1. The molecule has 0 radical (unpaired) electrons. The summed E-state index contributed by atoms with van der Waals surface area (Å²) in [5.41, 5.74) is 8.67. The number of ether oxygens (including phenoxy) is 1. The Labute approximate surface area is 151 Å². The summed E-state index contributed by atoms with van der Waals surface area (Å²) in [5.74, 6) is 0.633. The van der Waals surface area contributed by atoms with Crippen molar-refractivity contribution in [3.63, 3.8) is 0 Å². The standard InChI is InChI=1S/C19H19N5O2/c1-2-26-19(25)13-8-10-15(11-9-13)24-18-16(20)17(21-12-22-18)23-14-6-4-3-5-7-14/h3-12H,2,20H2,1H3,(H2,21,22,23,24). The number of benzene rings is 2. The van der Waals surface area contributed by atoms with Gasteiger partial charge in [-0.25, -0.2) is 14.8 Å². The summed E-state index contributed by atoms with van der Waals surface area (Å²) in [6.45, 7) is 2.11. The number of esters is 1. The fourth-order valence-corrected chi connectivity index (χ4v) is 2.29. The van der Waals surface area contributed by atoms with E-state index in [4.69, 9.17) is 10.5 Å². The van der Waals surface area contributed by atoms with Gasteiger partial charge in [0.2, 0.25) is 0 Å². The quantitative estimate of drug-likeness (QED) is 0.583. The van der Waals surface area contributed by atoms with E-state index in [0.717, 1.165) is 11.4 Å². The summed E-state index contributed by atoms with van der Waals surface area (Å²) in [4.78, 5) is 20.1. The van der Waals surface area contributed by atoms with Gasteiger partial charge in [0.25, 0.3) is 0 Å². The van der Waals surface area contributed by atoms with Crippen LogP contribution >= 0.6 is 0 Å². The molecule has 0 saturated carbocycles. The lowest BCUT2D eigenvalue weighted by atomic mass is 10.2. The number of anilines is 5. The molecule has 26 heavy (non-hydrogen) atoms. The minimum atomic E-state index is -0.352. The number of hydrogen-bond acceptors (Lipinski definition) is 7. The first-order valence-electron chi connectivity index (χ1n) is 8.14. The van der Waals surface area contributed by atoms with Crippen LogP contribution in [0.3, 0.4) is 0 Å². The van der Waals surface area contributed by atoms with Gasteiger partial charge in [0.1, 0.15) is 12.0 Å². The Morgan fingerprint density at radius 2 is 1.54 bits per heavy atom. The highest BCUT2D eigenvalue weighted by molar-refractivity contribution is 5.90.